The molecule has 0 fully saturated rings. The zero-order valence-corrected chi connectivity index (χ0v) is 35.2. The standard InChI is InChI=1S/C41H55F2N4O10P/c1-25(27-13-16-30(17-14-27)41(42,43)58(53,56-23-54-22-39(3,4)5)57-24-55-38(52)40(6,7)8)20-34(49)46-31-18-15-28-10-9-11-29-21-32(47(35(28)29)37(31)51)36(50)45-26(2)12-19-33(44)48/h9-11,13-14,16-17,20,26,31-32H,12,15,18-19,21-24H2,1-8H3,(H2,44,48)(H,45,50)(H,46,49). The van der Waals surface area contributed by atoms with Crippen molar-refractivity contribution in [3.05, 3.63) is 70.8 Å². The number of allylic oxidation sites excluding steroid dienone is 1. The molecule has 4 atom stereocenters. The zero-order valence-electron chi connectivity index (χ0n) is 34.3. The maximum Gasteiger partial charge on any atom is 0.409 e. The first-order valence-electron chi connectivity index (χ1n) is 19.1. The molecule has 2 aromatic rings. The van der Waals surface area contributed by atoms with Crippen LogP contribution in [0, 0.1) is 10.8 Å². The smallest absolute Gasteiger partial charge is 0.409 e. The second kappa shape index (κ2) is 18.6. The zero-order chi connectivity index (χ0) is 43.2. The molecule has 4 rings (SSSR count). The highest BCUT2D eigenvalue weighted by molar-refractivity contribution is 7.54. The second-order valence-electron chi connectivity index (χ2n) is 16.9. The van der Waals surface area contributed by atoms with E-state index in [4.69, 9.17) is 24.3 Å². The van der Waals surface area contributed by atoms with Crippen LogP contribution in [-0.2, 0) is 65.6 Å². The van der Waals surface area contributed by atoms with Gasteiger partial charge in [0.2, 0.25) is 30.4 Å². The summed E-state index contributed by atoms with van der Waals surface area (Å²) in [4.78, 5) is 65.8. The Hall–Kier alpha value is -4.50. The van der Waals surface area contributed by atoms with Crippen LogP contribution in [0.1, 0.15) is 96.9 Å². The fourth-order valence-corrected chi connectivity index (χ4v) is 7.62. The molecule has 0 radical (unpaired) electrons. The molecule has 0 aromatic heterocycles. The van der Waals surface area contributed by atoms with Gasteiger partial charge in [0.05, 0.1) is 17.7 Å². The van der Waals surface area contributed by atoms with Crippen LogP contribution in [0.4, 0.5) is 14.5 Å². The number of benzene rings is 2. The fourth-order valence-electron chi connectivity index (χ4n) is 6.35. The number of nitrogens with one attached hydrogen (secondary N) is 2. The van der Waals surface area contributed by atoms with E-state index in [-0.39, 0.29) is 37.3 Å². The van der Waals surface area contributed by atoms with Crippen molar-refractivity contribution in [1.29, 1.82) is 0 Å². The number of anilines is 1. The highest BCUT2D eigenvalue weighted by Gasteiger charge is 2.56. The molecular weight excluding hydrogens is 777 g/mol. The summed E-state index contributed by atoms with van der Waals surface area (Å²) in [7, 11) is -5.37. The molecule has 14 nitrogen and oxygen atoms in total. The number of hydrogen-bond donors (Lipinski definition) is 3. The van der Waals surface area contributed by atoms with Gasteiger partial charge < -0.3 is 25.8 Å². The molecule has 2 aliphatic heterocycles. The van der Waals surface area contributed by atoms with Gasteiger partial charge in [0.15, 0.2) is 6.79 Å². The SMILES string of the molecule is CC(=CC(=O)NC1CCc2cccc3c2N(C1=O)C(C(=O)NC(C)CCC(N)=O)C3)c1ccc(C(F)(F)P(=O)(OCOCC(C)(C)C)OCOC(=O)C(C)(C)C)cc1. The highest BCUT2D eigenvalue weighted by atomic mass is 31.2. The second-order valence-corrected chi connectivity index (χ2v) is 19.0. The third kappa shape index (κ3) is 11.6. The van der Waals surface area contributed by atoms with Crippen LogP contribution in [-0.4, -0.2) is 67.9 Å². The van der Waals surface area contributed by atoms with Gasteiger partial charge in [-0.25, -0.2) is 0 Å². The molecule has 0 spiro atoms. The summed E-state index contributed by atoms with van der Waals surface area (Å²) >= 11 is 0. The Bertz CT molecular complexity index is 1940. The van der Waals surface area contributed by atoms with E-state index in [0.29, 0.717) is 29.7 Å². The van der Waals surface area contributed by atoms with Gasteiger partial charge in [-0.1, -0.05) is 63.2 Å². The topological polar surface area (TPSA) is 193 Å². The van der Waals surface area contributed by atoms with Gasteiger partial charge in [0, 0.05) is 30.5 Å². The van der Waals surface area contributed by atoms with Gasteiger partial charge >= 0.3 is 19.2 Å². The Morgan fingerprint density at radius 2 is 1.64 bits per heavy atom. The van der Waals surface area contributed by atoms with Crippen molar-refractivity contribution in [2.75, 3.05) is 25.1 Å². The summed E-state index contributed by atoms with van der Waals surface area (Å²) in [6, 6.07) is 8.01. The number of aryl methyl sites for hydroxylation is 1. The Kier molecular flexibility index (Phi) is 14.8. The first-order valence-corrected chi connectivity index (χ1v) is 20.6. The van der Waals surface area contributed by atoms with E-state index in [1.807, 2.05) is 39.0 Å². The number of alkyl halides is 2. The molecule has 0 saturated carbocycles. The normalized spacial score (nSPS) is 18.8. The molecule has 0 aliphatic carbocycles. The quantitative estimate of drug-likeness (QED) is 0.0553. The third-order valence-corrected chi connectivity index (χ3v) is 11.3. The summed E-state index contributed by atoms with van der Waals surface area (Å²) in [5, 5.41) is 5.64. The number of halogens is 2. The van der Waals surface area contributed by atoms with Gasteiger partial charge in [0.1, 0.15) is 12.1 Å². The average Bonchev–Trinajstić information content (AvgIpc) is 3.47. The lowest BCUT2D eigenvalue weighted by atomic mass is 9.98. The molecule has 2 heterocycles. The van der Waals surface area contributed by atoms with E-state index < -0.39 is 79.5 Å². The number of amides is 4. The average molecular weight is 833 g/mol. The van der Waals surface area contributed by atoms with Crippen molar-refractivity contribution in [3.63, 3.8) is 0 Å². The molecule has 2 aromatic carbocycles. The van der Waals surface area contributed by atoms with Crippen LogP contribution >= 0.6 is 7.60 Å². The van der Waals surface area contributed by atoms with Crippen LogP contribution in [0.25, 0.3) is 5.57 Å². The van der Waals surface area contributed by atoms with E-state index in [1.165, 1.54) is 23.1 Å². The summed E-state index contributed by atoms with van der Waals surface area (Å²) in [6.07, 6.45) is 2.65. The number of nitrogens with two attached hydrogens (primary N) is 1. The summed E-state index contributed by atoms with van der Waals surface area (Å²) in [6.45, 7) is 11.8. The number of nitrogens with zero attached hydrogens (tertiary/aromatic N) is 1. The lowest BCUT2D eigenvalue weighted by Gasteiger charge is -2.28. The highest BCUT2D eigenvalue weighted by Crippen LogP contribution is 2.67. The number of ether oxygens (including phenoxy) is 2. The molecule has 0 saturated heterocycles. The summed E-state index contributed by atoms with van der Waals surface area (Å²) < 4.78 is 66.0. The maximum absolute atomic E-state index is 16.0. The number of hydrogen-bond acceptors (Lipinski definition) is 10. The molecule has 4 amide bonds. The monoisotopic (exact) mass is 832 g/mol. The Morgan fingerprint density at radius 3 is 2.26 bits per heavy atom. The first kappa shape index (κ1) is 46.2. The molecule has 4 unspecified atom stereocenters. The summed E-state index contributed by atoms with van der Waals surface area (Å²) in [5.74, 6) is -2.72. The minimum Gasteiger partial charge on any atom is -0.438 e. The number of carbonyl (C=O) groups excluding carboxylic acids is 5. The largest absolute Gasteiger partial charge is 0.438 e. The van der Waals surface area contributed by atoms with Gasteiger partial charge in [0.25, 0.3) is 0 Å². The minimum atomic E-state index is -5.37. The van der Waals surface area contributed by atoms with E-state index in [9.17, 15) is 28.5 Å². The van der Waals surface area contributed by atoms with E-state index >= 15 is 8.78 Å². The number of carbonyl (C=O) groups is 5. The van der Waals surface area contributed by atoms with E-state index in [0.717, 1.165) is 23.3 Å². The number of rotatable bonds is 17. The van der Waals surface area contributed by atoms with Gasteiger partial charge in [-0.15, -0.1) is 0 Å². The Morgan fingerprint density at radius 1 is 1.00 bits per heavy atom. The first-order chi connectivity index (χ1) is 26.9. The Labute approximate surface area is 338 Å². The minimum absolute atomic E-state index is 0.0918. The van der Waals surface area contributed by atoms with Crippen LogP contribution in [0.3, 0.4) is 0 Å². The van der Waals surface area contributed by atoms with E-state index in [1.54, 1.807) is 34.6 Å². The molecule has 318 valence electrons. The molecule has 4 N–H and O–H groups in total. The lowest BCUT2D eigenvalue weighted by Crippen LogP contribution is -2.55. The maximum atomic E-state index is 16.0. The predicted octanol–water partition coefficient (Wildman–Crippen LogP) is 6.09. The van der Waals surface area contributed by atoms with Crippen LogP contribution in [0.5, 0.6) is 0 Å². The molecule has 17 heteroatoms. The van der Waals surface area contributed by atoms with Gasteiger partial charge in [-0.3, -0.25) is 42.5 Å². The van der Waals surface area contributed by atoms with Crippen molar-refractivity contribution in [3.8, 4) is 0 Å². The Balaban J connectivity index is 1.48. The fraction of sp³-hybridized carbons (Fsp3) is 0.537. The van der Waals surface area contributed by atoms with Gasteiger partial charge in [-0.05, 0) is 81.6 Å². The van der Waals surface area contributed by atoms with Crippen molar-refractivity contribution >= 4 is 48.5 Å². The van der Waals surface area contributed by atoms with Crippen molar-refractivity contribution < 1.29 is 55.8 Å². The van der Waals surface area contributed by atoms with Crippen molar-refractivity contribution in [2.24, 2.45) is 16.6 Å². The lowest BCUT2D eigenvalue weighted by molar-refractivity contribution is -0.161. The van der Waals surface area contributed by atoms with E-state index in [2.05, 4.69) is 10.6 Å². The predicted molar refractivity (Wildman–Crippen MR) is 212 cm³/mol. The number of para-hydroxylation sites is 1. The van der Waals surface area contributed by atoms with Crippen molar-refractivity contribution in [2.45, 2.75) is 111 Å². The molecular formula is C41H55F2N4O10P. The number of esters is 1. The van der Waals surface area contributed by atoms with Crippen molar-refractivity contribution in [1.82, 2.24) is 10.6 Å². The third-order valence-electron chi connectivity index (χ3n) is 9.48. The summed E-state index contributed by atoms with van der Waals surface area (Å²) in [5.41, 5.74) is 2.07. The van der Waals surface area contributed by atoms with Crippen LogP contribution in [0.2, 0.25) is 0 Å². The van der Waals surface area contributed by atoms with Gasteiger partial charge in [-0.2, -0.15) is 8.78 Å². The number of primary amides is 1. The van der Waals surface area contributed by atoms with Crippen LogP contribution < -0.4 is 21.3 Å². The van der Waals surface area contributed by atoms with Crippen LogP contribution in [0.15, 0.2) is 48.5 Å². The molecule has 2 aliphatic rings. The molecule has 0 bridgehead atoms. The molecule has 58 heavy (non-hydrogen) atoms.